The SMILES string of the molecule is COc1ccc(CC(=O)O)cc1-c1ccc(C)cc1CN1C(=O)N(CC(=O)O)C(C)(c2ccccc2)C1=O. The molecule has 1 saturated heterocycles. The summed E-state index contributed by atoms with van der Waals surface area (Å²) in [4.78, 5) is 52.5. The predicted octanol–water partition coefficient (Wildman–Crippen LogP) is 4.06. The van der Waals surface area contributed by atoms with E-state index in [1.807, 2.05) is 25.1 Å². The van der Waals surface area contributed by atoms with Crippen molar-refractivity contribution in [2.75, 3.05) is 13.7 Å². The molecule has 1 heterocycles. The molecule has 4 rings (SSSR count). The molecule has 0 aliphatic carbocycles. The number of ether oxygens (including phenoxy) is 1. The zero-order valence-electron chi connectivity index (χ0n) is 21.3. The van der Waals surface area contributed by atoms with Gasteiger partial charge < -0.3 is 14.9 Å². The number of carboxylic acid groups (broad SMARTS) is 2. The molecule has 0 saturated carbocycles. The number of carboxylic acids is 2. The number of imide groups is 1. The lowest BCUT2D eigenvalue weighted by atomic mass is 9.90. The Morgan fingerprint density at radius 2 is 1.63 bits per heavy atom. The van der Waals surface area contributed by atoms with Gasteiger partial charge in [0.1, 0.15) is 17.8 Å². The molecular formula is C29H28N2O7. The van der Waals surface area contributed by atoms with Gasteiger partial charge in [-0.15, -0.1) is 0 Å². The summed E-state index contributed by atoms with van der Waals surface area (Å²) in [6.45, 7) is 2.68. The summed E-state index contributed by atoms with van der Waals surface area (Å²) in [5.74, 6) is -2.23. The maximum absolute atomic E-state index is 13.8. The average molecular weight is 517 g/mol. The van der Waals surface area contributed by atoms with Crippen LogP contribution in [0.15, 0.2) is 66.7 Å². The van der Waals surface area contributed by atoms with Crippen LogP contribution in [-0.4, -0.2) is 57.5 Å². The molecule has 9 nitrogen and oxygen atoms in total. The van der Waals surface area contributed by atoms with Gasteiger partial charge in [-0.2, -0.15) is 0 Å². The Hall–Kier alpha value is -4.66. The van der Waals surface area contributed by atoms with E-state index >= 15 is 0 Å². The molecule has 3 aromatic carbocycles. The van der Waals surface area contributed by atoms with Gasteiger partial charge in [-0.05, 0) is 48.2 Å². The Bertz CT molecular complexity index is 1420. The summed E-state index contributed by atoms with van der Waals surface area (Å²) in [7, 11) is 1.51. The molecule has 196 valence electrons. The average Bonchev–Trinajstić information content (AvgIpc) is 3.05. The largest absolute Gasteiger partial charge is 0.496 e. The molecule has 0 radical (unpaired) electrons. The Balaban J connectivity index is 1.80. The first-order valence-corrected chi connectivity index (χ1v) is 12.0. The van der Waals surface area contributed by atoms with Gasteiger partial charge in [0.05, 0.1) is 20.1 Å². The number of benzene rings is 3. The number of rotatable bonds is 9. The van der Waals surface area contributed by atoms with E-state index in [4.69, 9.17) is 4.74 Å². The number of hydrogen-bond acceptors (Lipinski definition) is 5. The van der Waals surface area contributed by atoms with Gasteiger partial charge in [0, 0.05) is 5.56 Å². The fourth-order valence-electron chi connectivity index (χ4n) is 4.88. The first kappa shape index (κ1) is 26.4. The van der Waals surface area contributed by atoms with Crippen molar-refractivity contribution in [2.45, 2.75) is 32.4 Å². The van der Waals surface area contributed by atoms with Crippen molar-refractivity contribution < 1.29 is 34.1 Å². The van der Waals surface area contributed by atoms with Crippen LogP contribution >= 0.6 is 0 Å². The standard InChI is InChI=1S/C29H28N2O7/c1-18-9-11-22(23-14-19(15-25(32)33)10-12-24(23)38-3)20(13-18)16-30-27(36)29(2,21-7-5-4-6-8-21)31(28(30)37)17-26(34)35/h4-14H,15-17H2,1-3H3,(H,32,33)(H,34,35). The second-order valence-corrected chi connectivity index (χ2v) is 9.36. The molecule has 3 aromatic rings. The van der Waals surface area contributed by atoms with Gasteiger partial charge in [-0.25, -0.2) is 4.79 Å². The molecule has 1 aliphatic heterocycles. The van der Waals surface area contributed by atoms with Gasteiger partial charge >= 0.3 is 18.0 Å². The fraction of sp³-hybridized carbons (Fsp3) is 0.241. The zero-order valence-corrected chi connectivity index (χ0v) is 21.3. The van der Waals surface area contributed by atoms with Gasteiger partial charge in [0.15, 0.2) is 0 Å². The fourth-order valence-corrected chi connectivity index (χ4v) is 4.88. The number of carbonyl (C=O) groups excluding carboxylic acids is 2. The monoisotopic (exact) mass is 516 g/mol. The first-order chi connectivity index (χ1) is 18.1. The minimum absolute atomic E-state index is 0.112. The molecule has 1 fully saturated rings. The van der Waals surface area contributed by atoms with Crippen LogP contribution in [-0.2, 0) is 32.9 Å². The summed E-state index contributed by atoms with van der Waals surface area (Å²) in [5, 5.41) is 18.8. The Labute approximate surface area is 219 Å². The number of aryl methyl sites for hydroxylation is 1. The van der Waals surface area contributed by atoms with E-state index in [1.165, 1.54) is 7.11 Å². The lowest BCUT2D eigenvalue weighted by Gasteiger charge is -2.30. The highest BCUT2D eigenvalue weighted by atomic mass is 16.5. The summed E-state index contributed by atoms with van der Waals surface area (Å²) in [5.41, 5.74) is 2.38. The van der Waals surface area contributed by atoms with Gasteiger partial charge in [0.25, 0.3) is 5.91 Å². The lowest BCUT2D eigenvalue weighted by Crippen LogP contribution is -2.46. The number of amides is 3. The molecule has 38 heavy (non-hydrogen) atoms. The van der Waals surface area contributed by atoms with Crippen molar-refractivity contribution in [3.63, 3.8) is 0 Å². The normalized spacial score (nSPS) is 17.1. The molecule has 2 N–H and O–H groups in total. The third-order valence-corrected chi connectivity index (χ3v) is 6.79. The van der Waals surface area contributed by atoms with Crippen LogP contribution < -0.4 is 4.74 Å². The second-order valence-electron chi connectivity index (χ2n) is 9.36. The maximum atomic E-state index is 13.8. The van der Waals surface area contributed by atoms with Crippen molar-refractivity contribution in [1.29, 1.82) is 0 Å². The minimum atomic E-state index is -1.50. The van der Waals surface area contributed by atoms with Crippen molar-refractivity contribution in [2.24, 2.45) is 0 Å². The van der Waals surface area contributed by atoms with Crippen molar-refractivity contribution in [3.05, 3.63) is 89.0 Å². The van der Waals surface area contributed by atoms with Crippen LogP contribution in [0.25, 0.3) is 11.1 Å². The van der Waals surface area contributed by atoms with Crippen LogP contribution in [0.5, 0.6) is 5.75 Å². The van der Waals surface area contributed by atoms with E-state index in [0.717, 1.165) is 15.4 Å². The molecule has 1 aliphatic rings. The predicted molar refractivity (Wildman–Crippen MR) is 139 cm³/mol. The number of urea groups is 1. The van der Waals surface area contributed by atoms with Gasteiger partial charge in [0.2, 0.25) is 0 Å². The molecule has 0 bridgehead atoms. The highest BCUT2D eigenvalue weighted by molar-refractivity contribution is 6.08. The van der Waals surface area contributed by atoms with E-state index in [2.05, 4.69) is 0 Å². The van der Waals surface area contributed by atoms with Crippen LogP contribution in [0.2, 0.25) is 0 Å². The van der Waals surface area contributed by atoms with E-state index in [0.29, 0.717) is 33.6 Å². The number of methoxy groups -OCH3 is 1. The van der Waals surface area contributed by atoms with Crippen molar-refractivity contribution >= 4 is 23.9 Å². The maximum Gasteiger partial charge on any atom is 0.328 e. The molecule has 3 amide bonds. The summed E-state index contributed by atoms with van der Waals surface area (Å²) in [6, 6.07) is 18.6. The van der Waals surface area contributed by atoms with E-state index < -0.39 is 36.0 Å². The number of nitrogens with zero attached hydrogens (tertiary/aromatic N) is 2. The minimum Gasteiger partial charge on any atom is -0.496 e. The van der Waals surface area contributed by atoms with Crippen molar-refractivity contribution in [3.8, 4) is 16.9 Å². The second kappa shape index (κ2) is 10.4. The summed E-state index contributed by atoms with van der Waals surface area (Å²) in [6.07, 6.45) is -0.180. The number of carbonyl (C=O) groups is 4. The van der Waals surface area contributed by atoms with E-state index in [1.54, 1.807) is 55.5 Å². The van der Waals surface area contributed by atoms with Gasteiger partial charge in [-0.1, -0.05) is 60.2 Å². The highest BCUT2D eigenvalue weighted by Gasteiger charge is 2.55. The van der Waals surface area contributed by atoms with E-state index in [9.17, 15) is 29.4 Å². The Morgan fingerprint density at radius 1 is 0.921 bits per heavy atom. The smallest absolute Gasteiger partial charge is 0.328 e. The number of aliphatic carboxylic acids is 2. The Kier molecular flexibility index (Phi) is 7.21. The molecular weight excluding hydrogens is 488 g/mol. The van der Waals surface area contributed by atoms with Crippen LogP contribution in [0.1, 0.15) is 29.2 Å². The van der Waals surface area contributed by atoms with Gasteiger partial charge in [-0.3, -0.25) is 24.2 Å². The molecule has 1 atom stereocenters. The third-order valence-electron chi connectivity index (χ3n) is 6.79. The van der Waals surface area contributed by atoms with Crippen molar-refractivity contribution in [1.82, 2.24) is 9.80 Å². The topological polar surface area (TPSA) is 124 Å². The zero-order chi connectivity index (χ0) is 27.6. The summed E-state index contributed by atoms with van der Waals surface area (Å²) < 4.78 is 5.54. The van der Waals surface area contributed by atoms with Crippen LogP contribution in [0.4, 0.5) is 4.79 Å². The quantitative estimate of drug-likeness (QED) is 0.411. The lowest BCUT2D eigenvalue weighted by molar-refractivity contribution is -0.140. The molecule has 1 unspecified atom stereocenters. The highest BCUT2D eigenvalue weighted by Crippen LogP contribution is 2.40. The molecule has 0 spiro atoms. The molecule has 9 heteroatoms. The van der Waals surface area contributed by atoms with Crippen LogP contribution in [0.3, 0.4) is 0 Å². The van der Waals surface area contributed by atoms with E-state index in [-0.39, 0.29) is 13.0 Å². The Morgan fingerprint density at radius 3 is 2.26 bits per heavy atom. The third kappa shape index (κ3) is 4.82. The summed E-state index contributed by atoms with van der Waals surface area (Å²) >= 11 is 0. The number of hydrogen-bond donors (Lipinski definition) is 2. The molecule has 0 aromatic heterocycles. The van der Waals surface area contributed by atoms with Crippen LogP contribution in [0, 0.1) is 6.92 Å². The first-order valence-electron chi connectivity index (χ1n) is 12.0.